The van der Waals surface area contributed by atoms with E-state index < -0.39 is 0 Å². The molecule has 1 aromatic carbocycles. The molecule has 158 valence electrons. The van der Waals surface area contributed by atoms with E-state index in [0.29, 0.717) is 31.6 Å². The summed E-state index contributed by atoms with van der Waals surface area (Å²) in [5.74, 6) is 0.838. The third-order valence-corrected chi connectivity index (χ3v) is 5.25. The highest BCUT2D eigenvalue weighted by Gasteiger charge is 2.19. The van der Waals surface area contributed by atoms with E-state index in [2.05, 4.69) is 67.2 Å². The van der Waals surface area contributed by atoms with Crippen molar-refractivity contribution in [1.82, 2.24) is 10.2 Å². The molecule has 1 aliphatic rings. The maximum absolute atomic E-state index is 10.9. The van der Waals surface area contributed by atoms with Crippen molar-refractivity contribution in [3.63, 3.8) is 0 Å². The van der Waals surface area contributed by atoms with Crippen LogP contribution in [-0.2, 0) is 16.0 Å². The van der Waals surface area contributed by atoms with Crippen LogP contribution in [0.2, 0.25) is 0 Å². The van der Waals surface area contributed by atoms with E-state index in [4.69, 9.17) is 4.74 Å². The van der Waals surface area contributed by atoms with Crippen molar-refractivity contribution in [2.45, 2.75) is 26.2 Å². The number of nitrogens with zero attached hydrogens (tertiary/aromatic N) is 1. The number of aldehydes is 1. The summed E-state index contributed by atoms with van der Waals surface area (Å²) in [6.45, 7) is 10.2. The standard InChI is InChI=1S/C25H36N2O2/c1-4-21(2)18-27(3)13-8-12-26-20-29-19-25-17-23(11-14-28)16-24(25)15-22-9-6-5-7-10-22/h4-7,9-10,14,16-17,21,24,26H,1,8,11-13,15,18-20H2,2-3H3. The summed E-state index contributed by atoms with van der Waals surface area (Å²) in [4.78, 5) is 13.2. The minimum Gasteiger partial charge on any atom is -0.362 e. The molecule has 4 heteroatoms. The van der Waals surface area contributed by atoms with Gasteiger partial charge in [0, 0.05) is 18.9 Å². The van der Waals surface area contributed by atoms with Crippen LogP contribution in [0.3, 0.4) is 0 Å². The van der Waals surface area contributed by atoms with Gasteiger partial charge >= 0.3 is 0 Å². The summed E-state index contributed by atoms with van der Waals surface area (Å²) in [7, 11) is 2.15. The number of nitrogens with one attached hydrogen (secondary N) is 1. The maximum Gasteiger partial charge on any atom is 0.124 e. The fourth-order valence-electron chi connectivity index (χ4n) is 3.63. The number of hydrogen-bond acceptors (Lipinski definition) is 4. The molecule has 1 aromatic rings. The first-order valence-electron chi connectivity index (χ1n) is 10.6. The summed E-state index contributed by atoms with van der Waals surface area (Å²) in [6, 6.07) is 10.5. The Labute approximate surface area is 176 Å². The first kappa shape index (κ1) is 23.3. The second-order valence-corrected chi connectivity index (χ2v) is 7.95. The summed E-state index contributed by atoms with van der Waals surface area (Å²) >= 11 is 0. The lowest BCUT2D eigenvalue weighted by Gasteiger charge is -2.19. The Morgan fingerprint density at radius 2 is 2.10 bits per heavy atom. The van der Waals surface area contributed by atoms with E-state index in [1.807, 2.05) is 12.1 Å². The highest BCUT2D eigenvalue weighted by atomic mass is 16.5. The minimum absolute atomic E-state index is 0.313. The van der Waals surface area contributed by atoms with E-state index in [9.17, 15) is 4.79 Å². The third kappa shape index (κ3) is 8.90. The van der Waals surface area contributed by atoms with Gasteiger partial charge < -0.3 is 14.4 Å². The molecule has 0 saturated heterocycles. The van der Waals surface area contributed by atoms with Crippen LogP contribution in [0.15, 0.2) is 66.3 Å². The summed E-state index contributed by atoms with van der Waals surface area (Å²) in [5.41, 5.74) is 3.66. The van der Waals surface area contributed by atoms with Crippen LogP contribution in [0.1, 0.15) is 25.3 Å². The fourth-order valence-corrected chi connectivity index (χ4v) is 3.63. The molecule has 0 bridgehead atoms. The predicted octanol–water partition coefficient (Wildman–Crippen LogP) is 4.01. The van der Waals surface area contributed by atoms with Gasteiger partial charge in [-0.2, -0.15) is 0 Å². The number of carbonyl (C=O) groups excluding carboxylic acids is 1. The topological polar surface area (TPSA) is 41.6 Å². The van der Waals surface area contributed by atoms with E-state index in [-0.39, 0.29) is 0 Å². The lowest BCUT2D eigenvalue weighted by atomic mass is 9.95. The molecule has 0 radical (unpaired) electrons. The van der Waals surface area contributed by atoms with Crippen LogP contribution in [-0.4, -0.2) is 51.2 Å². The van der Waals surface area contributed by atoms with Crippen molar-refractivity contribution in [1.29, 1.82) is 0 Å². The Bertz CT molecular complexity index is 681. The van der Waals surface area contributed by atoms with Crippen molar-refractivity contribution < 1.29 is 9.53 Å². The van der Waals surface area contributed by atoms with Crippen LogP contribution < -0.4 is 5.32 Å². The number of rotatable bonds is 15. The van der Waals surface area contributed by atoms with Gasteiger partial charge in [0.15, 0.2) is 0 Å². The Hall–Kier alpha value is -2.01. The van der Waals surface area contributed by atoms with Crippen molar-refractivity contribution in [2.24, 2.45) is 11.8 Å². The Morgan fingerprint density at radius 1 is 1.31 bits per heavy atom. The molecule has 2 unspecified atom stereocenters. The highest BCUT2D eigenvalue weighted by molar-refractivity contribution is 5.58. The van der Waals surface area contributed by atoms with Crippen LogP contribution in [0.5, 0.6) is 0 Å². The zero-order valence-corrected chi connectivity index (χ0v) is 18.0. The number of ether oxygens (including phenoxy) is 1. The van der Waals surface area contributed by atoms with E-state index >= 15 is 0 Å². The molecule has 0 aromatic heterocycles. The van der Waals surface area contributed by atoms with Gasteiger partial charge in [-0.05, 0) is 55.6 Å². The molecule has 1 N–H and O–H groups in total. The van der Waals surface area contributed by atoms with E-state index in [1.165, 1.54) is 11.1 Å². The third-order valence-electron chi connectivity index (χ3n) is 5.25. The van der Waals surface area contributed by atoms with Gasteiger partial charge in [-0.3, -0.25) is 5.32 Å². The number of carbonyl (C=O) groups is 1. The monoisotopic (exact) mass is 396 g/mol. The Morgan fingerprint density at radius 3 is 2.83 bits per heavy atom. The van der Waals surface area contributed by atoms with Gasteiger partial charge in [0.25, 0.3) is 0 Å². The zero-order valence-electron chi connectivity index (χ0n) is 18.0. The van der Waals surface area contributed by atoms with Crippen molar-refractivity contribution in [2.75, 3.05) is 40.0 Å². The number of benzene rings is 1. The highest BCUT2D eigenvalue weighted by Crippen LogP contribution is 2.29. The molecule has 0 fully saturated rings. The van der Waals surface area contributed by atoms with Gasteiger partial charge in [0.1, 0.15) is 6.29 Å². The lowest BCUT2D eigenvalue weighted by Crippen LogP contribution is -2.28. The predicted molar refractivity (Wildman–Crippen MR) is 121 cm³/mol. The average molecular weight is 397 g/mol. The van der Waals surface area contributed by atoms with Crippen molar-refractivity contribution in [3.05, 3.63) is 71.8 Å². The van der Waals surface area contributed by atoms with E-state index in [1.54, 1.807) is 0 Å². The van der Waals surface area contributed by atoms with Crippen molar-refractivity contribution in [3.8, 4) is 0 Å². The van der Waals surface area contributed by atoms with Gasteiger partial charge in [0.2, 0.25) is 0 Å². The second-order valence-electron chi connectivity index (χ2n) is 7.95. The lowest BCUT2D eigenvalue weighted by molar-refractivity contribution is -0.107. The Kier molecular flexibility index (Phi) is 10.6. The summed E-state index contributed by atoms with van der Waals surface area (Å²) in [5, 5.41) is 3.36. The maximum atomic E-state index is 10.9. The molecule has 0 aliphatic heterocycles. The quantitative estimate of drug-likeness (QED) is 0.211. The molecule has 0 amide bonds. The fraction of sp³-hybridized carbons (Fsp3) is 0.480. The van der Waals surface area contributed by atoms with Crippen LogP contribution >= 0.6 is 0 Å². The molecule has 29 heavy (non-hydrogen) atoms. The molecular formula is C25H36N2O2. The second kappa shape index (κ2) is 13.3. The minimum atomic E-state index is 0.313. The molecular weight excluding hydrogens is 360 g/mol. The smallest absolute Gasteiger partial charge is 0.124 e. The van der Waals surface area contributed by atoms with Gasteiger partial charge in [-0.25, -0.2) is 0 Å². The van der Waals surface area contributed by atoms with Gasteiger partial charge in [-0.15, -0.1) is 6.58 Å². The molecule has 2 atom stereocenters. The van der Waals surface area contributed by atoms with Crippen LogP contribution in [0.25, 0.3) is 0 Å². The first-order valence-corrected chi connectivity index (χ1v) is 10.6. The summed E-state index contributed by atoms with van der Waals surface area (Å²) < 4.78 is 5.87. The molecule has 1 aliphatic carbocycles. The largest absolute Gasteiger partial charge is 0.362 e. The average Bonchev–Trinajstić information content (AvgIpc) is 3.09. The van der Waals surface area contributed by atoms with E-state index in [0.717, 1.165) is 44.3 Å². The van der Waals surface area contributed by atoms with Gasteiger partial charge in [0.05, 0.1) is 13.3 Å². The number of allylic oxidation sites excluding steroid dienone is 3. The molecule has 2 rings (SSSR count). The molecule has 0 spiro atoms. The molecule has 4 nitrogen and oxygen atoms in total. The molecule has 0 heterocycles. The first-order chi connectivity index (χ1) is 14.1. The number of hydrogen-bond donors (Lipinski definition) is 1. The van der Waals surface area contributed by atoms with Crippen LogP contribution in [0.4, 0.5) is 0 Å². The zero-order chi connectivity index (χ0) is 20.9. The Balaban J connectivity index is 1.67. The molecule has 0 saturated carbocycles. The SMILES string of the molecule is C=CC(C)CN(C)CCCNCOCC1=CC(CC=O)=CC1Cc1ccccc1. The summed E-state index contributed by atoms with van der Waals surface area (Å²) in [6.07, 6.45) is 9.84. The van der Waals surface area contributed by atoms with Crippen LogP contribution in [0, 0.1) is 11.8 Å². The van der Waals surface area contributed by atoms with Gasteiger partial charge in [-0.1, -0.05) is 55.5 Å². The van der Waals surface area contributed by atoms with Crippen molar-refractivity contribution >= 4 is 6.29 Å². The normalized spacial score (nSPS) is 17.1.